The molecule has 3 heteroatoms. The molecule has 128 valence electrons. The van der Waals surface area contributed by atoms with E-state index < -0.39 is 0 Å². The van der Waals surface area contributed by atoms with Gasteiger partial charge in [0.2, 0.25) is 0 Å². The zero-order chi connectivity index (χ0) is 16.9. The minimum absolute atomic E-state index is 0.0183. The van der Waals surface area contributed by atoms with Crippen LogP contribution in [0.1, 0.15) is 45.1 Å². The minimum atomic E-state index is -0.0183. The van der Waals surface area contributed by atoms with Gasteiger partial charge in [0.25, 0.3) is 0 Å². The summed E-state index contributed by atoms with van der Waals surface area (Å²) in [7, 11) is 0. The Kier molecular flexibility index (Phi) is 6.70. The molecular formula is C20H30ClNO. The summed E-state index contributed by atoms with van der Waals surface area (Å²) in [4.78, 5) is 2.56. The van der Waals surface area contributed by atoms with Gasteiger partial charge in [0.05, 0.1) is 0 Å². The van der Waals surface area contributed by atoms with Crippen LogP contribution in [0.25, 0.3) is 0 Å². The summed E-state index contributed by atoms with van der Waals surface area (Å²) in [5.41, 5.74) is 2.40. The molecule has 2 nitrogen and oxygen atoms in total. The molecule has 0 aromatic heterocycles. The minimum Gasteiger partial charge on any atom is -0.396 e. The largest absolute Gasteiger partial charge is 0.396 e. The van der Waals surface area contributed by atoms with Crippen molar-refractivity contribution < 1.29 is 5.11 Å². The number of likely N-dealkylation sites (tertiary alicyclic amines) is 1. The number of hydrogen-bond donors (Lipinski definition) is 1. The van der Waals surface area contributed by atoms with Crippen molar-refractivity contribution in [3.8, 4) is 0 Å². The van der Waals surface area contributed by atoms with Crippen molar-refractivity contribution in [1.82, 2.24) is 4.90 Å². The molecule has 1 aliphatic rings. The van der Waals surface area contributed by atoms with Crippen molar-refractivity contribution in [2.75, 3.05) is 19.7 Å². The Bertz CT molecular complexity index is 520. The van der Waals surface area contributed by atoms with Crippen LogP contribution in [0.5, 0.6) is 0 Å². The number of nitrogens with zero attached hydrogens (tertiary/aromatic N) is 1. The summed E-state index contributed by atoms with van der Waals surface area (Å²) in [5, 5.41) is 10.8. The third-order valence-corrected chi connectivity index (χ3v) is 5.70. The summed E-state index contributed by atoms with van der Waals surface area (Å²) in [6, 6.07) is 8.60. The molecule has 0 bridgehead atoms. The number of hydrogen-bond acceptors (Lipinski definition) is 2. The van der Waals surface area contributed by atoms with Crippen molar-refractivity contribution in [3.63, 3.8) is 0 Å². The van der Waals surface area contributed by atoms with Crippen LogP contribution in [0, 0.1) is 5.41 Å². The maximum atomic E-state index is 10.0. The molecule has 1 fully saturated rings. The van der Waals surface area contributed by atoms with Crippen LogP contribution in [-0.2, 0) is 6.42 Å². The average Bonchev–Trinajstić information content (AvgIpc) is 2.55. The fourth-order valence-electron chi connectivity index (χ4n) is 3.51. The van der Waals surface area contributed by atoms with Gasteiger partial charge in [-0.25, -0.2) is 0 Å². The van der Waals surface area contributed by atoms with Crippen LogP contribution in [0.2, 0.25) is 5.02 Å². The second-order valence-electron chi connectivity index (χ2n) is 7.31. The van der Waals surface area contributed by atoms with Crippen LogP contribution < -0.4 is 0 Å². The highest BCUT2D eigenvalue weighted by Gasteiger charge is 2.35. The highest BCUT2D eigenvalue weighted by Crippen LogP contribution is 2.37. The molecule has 1 saturated heterocycles. The van der Waals surface area contributed by atoms with Crippen molar-refractivity contribution >= 4 is 11.6 Å². The van der Waals surface area contributed by atoms with E-state index >= 15 is 0 Å². The molecule has 1 heterocycles. The predicted octanol–water partition coefficient (Wildman–Crippen LogP) is 4.70. The van der Waals surface area contributed by atoms with Crippen LogP contribution in [0.4, 0.5) is 0 Å². The van der Waals surface area contributed by atoms with E-state index in [1.807, 2.05) is 18.2 Å². The number of rotatable bonds is 7. The molecule has 23 heavy (non-hydrogen) atoms. The van der Waals surface area contributed by atoms with Gasteiger partial charge in [0.1, 0.15) is 0 Å². The maximum Gasteiger partial charge on any atom is 0.0491 e. The lowest BCUT2D eigenvalue weighted by Gasteiger charge is -2.43. The van der Waals surface area contributed by atoms with Gasteiger partial charge >= 0.3 is 0 Å². The summed E-state index contributed by atoms with van der Waals surface area (Å²) in [6.45, 7) is 10.8. The SMILES string of the molecule is C=C(C)CC[C@H](C)N1CCC(CO)(Cc2ccccc2Cl)CC1. The lowest BCUT2D eigenvalue weighted by Crippen LogP contribution is -2.46. The van der Waals surface area contributed by atoms with E-state index in [4.69, 9.17) is 11.6 Å². The average molecular weight is 336 g/mol. The summed E-state index contributed by atoms with van der Waals surface area (Å²) in [6.07, 6.45) is 5.21. The van der Waals surface area contributed by atoms with Gasteiger partial charge in [-0.3, -0.25) is 0 Å². The number of aliphatic hydroxyl groups is 1. The van der Waals surface area contributed by atoms with Crippen LogP contribution in [0.15, 0.2) is 36.4 Å². The first-order valence-electron chi connectivity index (χ1n) is 8.68. The quantitative estimate of drug-likeness (QED) is 0.730. The van der Waals surface area contributed by atoms with E-state index in [0.29, 0.717) is 6.04 Å². The van der Waals surface area contributed by atoms with E-state index in [9.17, 15) is 5.11 Å². The standard InChI is InChI=1S/C20H30ClNO/c1-16(2)8-9-17(3)22-12-10-20(15-23,11-13-22)14-18-6-4-5-7-19(18)21/h4-7,17,23H,1,8-15H2,2-3H3/t17-/m0/s1. The molecule has 1 atom stereocenters. The summed E-state index contributed by atoms with van der Waals surface area (Å²) >= 11 is 6.31. The van der Waals surface area contributed by atoms with Crippen LogP contribution in [0.3, 0.4) is 0 Å². The van der Waals surface area contributed by atoms with Gasteiger partial charge in [-0.2, -0.15) is 0 Å². The van der Waals surface area contributed by atoms with E-state index in [0.717, 1.165) is 49.4 Å². The normalized spacial score (nSPS) is 19.5. The van der Waals surface area contributed by atoms with E-state index in [1.54, 1.807) is 0 Å². The van der Waals surface area contributed by atoms with Crippen molar-refractivity contribution in [2.24, 2.45) is 5.41 Å². The van der Waals surface area contributed by atoms with Gasteiger partial charge in [0.15, 0.2) is 0 Å². The van der Waals surface area contributed by atoms with E-state index in [-0.39, 0.29) is 12.0 Å². The second kappa shape index (κ2) is 8.32. The van der Waals surface area contributed by atoms with Gasteiger partial charge in [-0.05, 0) is 76.1 Å². The Morgan fingerprint density at radius 2 is 2.00 bits per heavy atom. The Morgan fingerprint density at radius 3 is 2.57 bits per heavy atom. The lowest BCUT2D eigenvalue weighted by atomic mass is 9.74. The van der Waals surface area contributed by atoms with Gasteiger partial charge in [-0.1, -0.05) is 35.4 Å². The molecule has 0 saturated carbocycles. The molecule has 0 unspecified atom stereocenters. The molecule has 0 spiro atoms. The molecule has 1 aromatic rings. The van der Waals surface area contributed by atoms with Gasteiger partial charge in [0, 0.05) is 17.7 Å². The van der Waals surface area contributed by atoms with Crippen molar-refractivity contribution in [3.05, 3.63) is 47.0 Å². The highest BCUT2D eigenvalue weighted by atomic mass is 35.5. The third kappa shape index (κ3) is 5.07. The number of halogens is 1. The molecule has 1 N–H and O–H groups in total. The first-order valence-corrected chi connectivity index (χ1v) is 9.06. The molecule has 0 amide bonds. The third-order valence-electron chi connectivity index (χ3n) is 5.33. The second-order valence-corrected chi connectivity index (χ2v) is 7.71. The first-order chi connectivity index (χ1) is 11.0. The summed E-state index contributed by atoms with van der Waals surface area (Å²) < 4.78 is 0. The zero-order valence-electron chi connectivity index (χ0n) is 14.5. The molecule has 1 aliphatic heterocycles. The predicted molar refractivity (Wildman–Crippen MR) is 99.0 cm³/mol. The van der Waals surface area contributed by atoms with E-state index in [1.165, 1.54) is 12.0 Å². The van der Waals surface area contributed by atoms with E-state index in [2.05, 4.69) is 31.4 Å². The van der Waals surface area contributed by atoms with Crippen molar-refractivity contribution in [2.45, 2.75) is 52.0 Å². The van der Waals surface area contributed by atoms with Crippen molar-refractivity contribution in [1.29, 1.82) is 0 Å². The smallest absolute Gasteiger partial charge is 0.0491 e. The number of benzene rings is 1. The fraction of sp³-hybridized carbons (Fsp3) is 0.600. The maximum absolute atomic E-state index is 10.0. The monoisotopic (exact) mass is 335 g/mol. The topological polar surface area (TPSA) is 23.5 Å². The molecule has 1 aromatic carbocycles. The fourth-order valence-corrected chi connectivity index (χ4v) is 3.72. The Balaban J connectivity index is 1.94. The van der Waals surface area contributed by atoms with Crippen LogP contribution in [-0.4, -0.2) is 35.7 Å². The van der Waals surface area contributed by atoms with Crippen LogP contribution >= 0.6 is 11.6 Å². The molecule has 0 aliphatic carbocycles. The Labute approximate surface area is 146 Å². The van der Waals surface area contributed by atoms with Gasteiger partial charge in [-0.15, -0.1) is 6.58 Å². The molecular weight excluding hydrogens is 306 g/mol. The van der Waals surface area contributed by atoms with Gasteiger partial charge < -0.3 is 10.0 Å². The Morgan fingerprint density at radius 1 is 1.35 bits per heavy atom. The number of allylic oxidation sites excluding steroid dienone is 1. The lowest BCUT2D eigenvalue weighted by molar-refractivity contribution is 0.0289. The first kappa shape index (κ1) is 18.5. The zero-order valence-corrected chi connectivity index (χ0v) is 15.3. The molecule has 2 rings (SSSR count). The summed E-state index contributed by atoms with van der Waals surface area (Å²) in [5.74, 6) is 0. The Hall–Kier alpha value is -0.830. The molecule has 0 radical (unpaired) electrons. The number of aliphatic hydroxyl groups excluding tert-OH is 1. The number of piperidine rings is 1. The highest BCUT2D eigenvalue weighted by molar-refractivity contribution is 6.31.